The molecule has 2 rings (SSSR count). The van der Waals surface area contributed by atoms with Gasteiger partial charge in [-0.25, -0.2) is 0 Å². The van der Waals surface area contributed by atoms with Crippen LogP contribution in [0.3, 0.4) is 0 Å². The Kier molecular flexibility index (Phi) is 1.18. The van der Waals surface area contributed by atoms with E-state index in [4.69, 9.17) is 0 Å². The van der Waals surface area contributed by atoms with Crippen molar-refractivity contribution in [3.8, 4) is 0 Å². The molecular weight excluding hydrogens is 138 g/mol. The summed E-state index contributed by atoms with van der Waals surface area (Å²) in [4.78, 5) is 4.22. The van der Waals surface area contributed by atoms with Gasteiger partial charge in [-0.15, -0.1) is 0 Å². The number of aromatic nitrogens is 3. The lowest BCUT2D eigenvalue weighted by atomic mass is 10.3. The molecule has 0 atom stereocenters. The third kappa shape index (κ3) is 0.808. The molecule has 3 heteroatoms. The highest BCUT2D eigenvalue weighted by molar-refractivity contribution is 5.76. The van der Waals surface area contributed by atoms with Gasteiger partial charge >= 0.3 is 0 Å². The smallest absolute Gasteiger partial charge is 0.111 e. The lowest BCUT2D eigenvalue weighted by Gasteiger charge is -1.89. The Hall–Kier alpha value is -1.38. The summed E-state index contributed by atoms with van der Waals surface area (Å²) in [6, 6.07) is 3.94. The van der Waals surface area contributed by atoms with Crippen LogP contribution in [0.25, 0.3) is 11.0 Å². The highest BCUT2D eigenvalue weighted by Gasteiger charge is 2.02. The first kappa shape index (κ1) is 6.34. The summed E-state index contributed by atoms with van der Waals surface area (Å²) in [5, 5.41) is 4.24. The molecular formula is C8H9N3. The molecule has 0 saturated heterocycles. The van der Waals surface area contributed by atoms with Crippen molar-refractivity contribution in [3.05, 3.63) is 24.0 Å². The fourth-order valence-corrected chi connectivity index (χ4v) is 1.26. The van der Waals surface area contributed by atoms with Gasteiger partial charge < -0.3 is 0 Å². The average molecular weight is 147 g/mol. The standard InChI is InChI=1S/C8H9N3/c1-6-8-7(11(2)10-6)4-3-5-9-8/h3-5H,1-2H3. The van der Waals surface area contributed by atoms with Gasteiger partial charge in [-0.3, -0.25) is 9.67 Å². The quantitative estimate of drug-likeness (QED) is 0.562. The van der Waals surface area contributed by atoms with Crippen LogP contribution in [0.1, 0.15) is 5.69 Å². The Morgan fingerprint density at radius 3 is 3.00 bits per heavy atom. The summed E-state index contributed by atoms with van der Waals surface area (Å²) in [5.74, 6) is 0. The van der Waals surface area contributed by atoms with Gasteiger partial charge in [0.1, 0.15) is 5.52 Å². The van der Waals surface area contributed by atoms with Crippen LogP contribution in [0.15, 0.2) is 18.3 Å². The maximum Gasteiger partial charge on any atom is 0.111 e. The second-order valence-electron chi connectivity index (χ2n) is 2.58. The Bertz CT molecular complexity index is 353. The molecule has 0 aliphatic rings. The Morgan fingerprint density at radius 2 is 2.27 bits per heavy atom. The first-order valence-electron chi connectivity index (χ1n) is 3.53. The largest absolute Gasteiger partial charge is 0.266 e. The molecule has 0 amide bonds. The molecule has 2 aromatic rings. The van der Waals surface area contributed by atoms with Gasteiger partial charge in [-0.2, -0.15) is 5.10 Å². The molecule has 0 radical (unpaired) electrons. The van der Waals surface area contributed by atoms with E-state index >= 15 is 0 Å². The molecule has 11 heavy (non-hydrogen) atoms. The van der Waals surface area contributed by atoms with Crippen molar-refractivity contribution in [2.24, 2.45) is 7.05 Å². The lowest BCUT2D eigenvalue weighted by molar-refractivity contribution is 0.783. The van der Waals surface area contributed by atoms with Crippen LogP contribution in [0, 0.1) is 6.92 Å². The summed E-state index contributed by atoms with van der Waals surface area (Å²) < 4.78 is 1.84. The molecule has 56 valence electrons. The summed E-state index contributed by atoms with van der Waals surface area (Å²) in [6.07, 6.45) is 1.79. The van der Waals surface area contributed by atoms with E-state index in [-0.39, 0.29) is 0 Å². The summed E-state index contributed by atoms with van der Waals surface area (Å²) in [6.45, 7) is 1.97. The molecule has 0 aromatic carbocycles. The Balaban J connectivity index is 2.95. The van der Waals surface area contributed by atoms with E-state index < -0.39 is 0 Å². The molecule has 0 aliphatic heterocycles. The van der Waals surface area contributed by atoms with E-state index in [2.05, 4.69) is 10.1 Å². The topological polar surface area (TPSA) is 30.7 Å². The zero-order valence-electron chi connectivity index (χ0n) is 6.57. The second-order valence-corrected chi connectivity index (χ2v) is 2.58. The minimum atomic E-state index is 0.989. The fourth-order valence-electron chi connectivity index (χ4n) is 1.26. The van der Waals surface area contributed by atoms with Gasteiger partial charge in [0.2, 0.25) is 0 Å². The van der Waals surface area contributed by atoms with E-state index in [0.717, 1.165) is 16.7 Å². The van der Waals surface area contributed by atoms with Crippen LogP contribution in [-0.2, 0) is 7.05 Å². The van der Waals surface area contributed by atoms with Gasteiger partial charge in [0, 0.05) is 13.2 Å². The van der Waals surface area contributed by atoms with Gasteiger partial charge in [-0.05, 0) is 19.1 Å². The first-order valence-corrected chi connectivity index (χ1v) is 3.53. The normalized spacial score (nSPS) is 10.7. The van der Waals surface area contributed by atoms with Gasteiger partial charge in [0.15, 0.2) is 0 Å². The van der Waals surface area contributed by atoms with E-state index in [1.54, 1.807) is 6.20 Å². The fraction of sp³-hybridized carbons (Fsp3) is 0.250. The third-order valence-electron chi connectivity index (χ3n) is 1.78. The number of aryl methyl sites for hydroxylation is 2. The molecule has 3 nitrogen and oxygen atoms in total. The minimum Gasteiger partial charge on any atom is -0.266 e. The summed E-state index contributed by atoms with van der Waals surface area (Å²) >= 11 is 0. The number of pyridine rings is 1. The zero-order chi connectivity index (χ0) is 7.84. The zero-order valence-corrected chi connectivity index (χ0v) is 6.57. The number of fused-ring (bicyclic) bond motifs is 1. The first-order chi connectivity index (χ1) is 5.29. The van der Waals surface area contributed by atoms with E-state index in [1.807, 2.05) is 30.8 Å². The molecule has 0 unspecified atom stereocenters. The van der Waals surface area contributed by atoms with Crippen LogP contribution in [0.5, 0.6) is 0 Å². The number of hydrogen-bond acceptors (Lipinski definition) is 2. The summed E-state index contributed by atoms with van der Waals surface area (Å²) in [5.41, 5.74) is 3.07. The molecule has 0 aliphatic carbocycles. The Labute approximate surface area is 64.7 Å². The average Bonchev–Trinajstić information content (AvgIpc) is 2.30. The predicted octanol–water partition coefficient (Wildman–Crippen LogP) is 1.28. The molecule has 0 bridgehead atoms. The van der Waals surface area contributed by atoms with Crippen molar-refractivity contribution in [1.82, 2.24) is 14.8 Å². The summed E-state index contributed by atoms with van der Waals surface area (Å²) in [7, 11) is 1.93. The van der Waals surface area contributed by atoms with Crippen LogP contribution in [-0.4, -0.2) is 14.8 Å². The maximum atomic E-state index is 4.24. The molecule has 2 heterocycles. The minimum absolute atomic E-state index is 0.989. The highest BCUT2D eigenvalue weighted by Crippen LogP contribution is 2.12. The molecule has 0 fully saturated rings. The molecule has 0 saturated carbocycles. The van der Waals surface area contributed by atoms with Gasteiger partial charge in [0.05, 0.1) is 11.2 Å². The van der Waals surface area contributed by atoms with Crippen molar-refractivity contribution in [2.45, 2.75) is 6.92 Å². The molecule has 0 N–H and O–H groups in total. The van der Waals surface area contributed by atoms with Crippen molar-refractivity contribution in [3.63, 3.8) is 0 Å². The van der Waals surface area contributed by atoms with E-state index in [1.165, 1.54) is 0 Å². The van der Waals surface area contributed by atoms with Gasteiger partial charge in [0.25, 0.3) is 0 Å². The third-order valence-corrected chi connectivity index (χ3v) is 1.78. The monoisotopic (exact) mass is 147 g/mol. The van der Waals surface area contributed by atoms with Gasteiger partial charge in [-0.1, -0.05) is 0 Å². The second kappa shape index (κ2) is 2.05. The van der Waals surface area contributed by atoms with E-state index in [9.17, 15) is 0 Å². The Morgan fingerprint density at radius 1 is 1.45 bits per heavy atom. The van der Waals surface area contributed by atoms with Crippen molar-refractivity contribution >= 4 is 11.0 Å². The van der Waals surface area contributed by atoms with Crippen LogP contribution >= 0.6 is 0 Å². The number of rotatable bonds is 0. The van der Waals surface area contributed by atoms with Crippen LogP contribution in [0.4, 0.5) is 0 Å². The van der Waals surface area contributed by atoms with Crippen molar-refractivity contribution in [2.75, 3.05) is 0 Å². The van der Waals surface area contributed by atoms with E-state index in [0.29, 0.717) is 0 Å². The highest BCUT2D eigenvalue weighted by atomic mass is 15.3. The van der Waals surface area contributed by atoms with Crippen LogP contribution < -0.4 is 0 Å². The number of hydrogen-bond donors (Lipinski definition) is 0. The van der Waals surface area contributed by atoms with Crippen molar-refractivity contribution < 1.29 is 0 Å². The molecule has 0 spiro atoms. The molecule has 2 aromatic heterocycles. The predicted molar refractivity (Wildman–Crippen MR) is 43.2 cm³/mol. The SMILES string of the molecule is Cc1nn(C)c2cccnc12. The van der Waals surface area contributed by atoms with Crippen molar-refractivity contribution in [1.29, 1.82) is 0 Å². The number of nitrogens with zero attached hydrogens (tertiary/aromatic N) is 3. The lowest BCUT2D eigenvalue weighted by Crippen LogP contribution is -1.88. The van der Waals surface area contributed by atoms with Crippen LogP contribution in [0.2, 0.25) is 0 Å². The maximum absolute atomic E-state index is 4.24.